The van der Waals surface area contributed by atoms with Crippen molar-refractivity contribution in [1.29, 1.82) is 0 Å². The van der Waals surface area contributed by atoms with Gasteiger partial charge in [-0.05, 0) is 12.8 Å². The minimum atomic E-state index is -3.03. The smallest absolute Gasteiger partial charge is 0.282 e. The molecule has 94 valence electrons. The summed E-state index contributed by atoms with van der Waals surface area (Å²) in [7, 11) is -3.03. The molecule has 1 aliphatic rings. The normalized spacial score (nSPS) is 23.2. The molecule has 1 saturated heterocycles. The van der Waals surface area contributed by atoms with Crippen LogP contribution in [0.1, 0.15) is 22.6 Å². The van der Waals surface area contributed by atoms with Crippen LogP contribution in [0.4, 0.5) is 5.13 Å². The molecular formula is C8H12N4O3S2. The molecule has 1 fully saturated rings. The second kappa shape index (κ2) is 4.57. The zero-order chi connectivity index (χ0) is 12.5. The number of sulfone groups is 1. The van der Waals surface area contributed by atoms with Crippen molar-refractivity contribution < 1.29 is 13.2 Å². The van der Waals surface area contributed by atoms with Crippen LogP contribution in [0.3, 0.4) is 0 Å². The standard InChI is InChI=1S/C8H12N4O3S2/c9-8-12-11-7(16-8)6(13)10-5-2-1-3-17(14,15)4-5/h5H,1-4H2,(H2,9,12)(H,10,13). The van der Waals surface area contributed by atoms with E-state index < -0.39 is 15.7 Å². The van der Waals surface area contributed by atoms with E-state index in [0.29, 0.717) is 12.8 Å². The summed E-state index contributed by atoms with van der Waals surface area (Å²) in [6.45, 7) is 0. The third kappa shape index (κ3) is 3.13. The fourth-order valence-corrected chi connectivity index (χ4v) is 3.86. The highest BCUT2D eigenvalue weighted by atomic mass is 32.2. The monoisotopic (exact) mass is 276 g/mol. The number of amides is 1. The Morgan fingerprint density at radius 3 is 2.82 bits per heavy atom. The largest absolute Gasteiger partial charge is 0.374 e. The number of aromatic nitrogens is 2. The third-order valence-corrected chi connectivity index (χ3v) is 5.01. The number of anilines is 1. The molecule has 0 aliphatic carbocycles. The number of hydrogen-bond acceptors (Lipinski definition) is 7. The van der Waals surface area contributed by atoms with Gasteiger partial charge in [0.15, 0.2) is 9.84 Å². The minimum Gasteiger partial charge on any atom is -0.374 e. The highest BCUT2D eigenvalue weighted by Crippen LogP contribution is 2.14. The van der Waals surface area contributed by atoms with Crippen LogP contribution < -0.4 is 11.1 Å². The van der Waals surface area contributed by atoms with Crippen molar-refractivity contribution >= 4 is 32.2 Å². The lowest BCUT2D eigenvalue weighted by Gasteiger charge is -2.22. The molecule has 1 unspecified atom stereocenters. The Hall–Kier alpha value is -1.22. The lowest BCUT2D eigenvalue weighted by atomic mass is 10.2. The Morgan fingerprint density at radius 1 is 1.47 bits per heavy atom. The molecule has 1 amide bonds. The first-order valence-corrected chi connectivity index (χ1v) is 7.70. The van der Waals surface area contributed by atoms with Crippen molar-refractivity contribution in [2.24, 2.45) is 0 Å². The predicted octanol–water partition coefficient (Wildman–Crippen LogP) is -0.573. The number of carbonyl (C=O) groups is 1. The summed E-state index contributed by atoms with van der Waals surface area (Å²) in [5.41, 5.74) is 5.36. The summed E-state index contributed by atoms with van der Waals surface area (Å²) in [6, 6.07) is -0.341. The highest BCUT2D eigenvalue weighted by Gasteiger charge is 2.26. The van der Waals surface area contributed by atoms with E-state index in [0.717, 1.165) is 11.3 Å². The van der Waals surface area contributed by atoms with E-state index in [9.17, 15) is 13.2 Å². The quantitative estimate of drug-likeness (QED) is 0.747. The van der Waals surface area contributed by atoms with Crippen LogP contribution in [0, 0.1) is 0 Å². The molecule has 7 nitrogen and oxygen atoms in total. The van der Waals surface area contributed by atoms with Crippen molar-refractivity contribution in [3.63, 3.8) is 0 Å². The second-order valence-corrected chi connectivity index (χ2v) is 7.11. The van der Waals surface area contributed by atoms with Crippen molar-refractivity contribution in [2.75, 3.05) is 17.2 Å². The molecule has 17 heavy (non-hydrogen) atoms. The Bertz CT molecular complexity index is 525. The average molecular weight is 276 g/mol. The first-order chi connectivity index (χ1) is 7.96. The van der Waals surface area contributed by atoms with E-state index in [1.807, 2.05) is 0 Å². The van der Waals surface area contributed by atoms with Crippen molar-refractivity contribution in [2.45, 2.75) is 18.9 Å². The molecule has 2 heterocycles. The van der Waals surface area contributed by atoms with Gasteiger partial charge in [0, 0.05) is 6.04 Å². The summed E-state index contributed by atoms with van der Waals surface area (Å²) in [5, 5.41) is 10.1. The lowest BCUT2D eigenvalue weighted by molar-refractivity contribution is 0.0937. The number of nitrogens with two attached hydrogens (primary N) is 1. The Labute approximate surface area is 102 Å². The molecule has 9 heteroatoms. The van der Waals surface area contributed by atoms with E-state index >= 15 is 0 Å². The number of rotatable bonds is 2. The highest BCUT2D eigenvalue weighted by molar-refractivity contribution is 7.91. The van der Waals surface area contributed by atoms with E-state index in [2.05, 4.69) is 15.5 Å². The summed E-state index contributed by atoms with van der Waals surface area (Å²) < 4.78 is 22.8. The number of nitrogen functional groups attached to an aromatic ring is 1. The molecule has 0 bridgehead atoms. The first-order valence-electron chi connectivity index (χ1n) is 5.06. The van der Waals surface area contributed by atoms with Gasteiger partial charge < -0.3 is 11.1 Å². The topological polar surface area (TPSA) is 115 Å². The zero-order valence-electron chi connectivity index (χ0n) is 8.92. The lowest BCUT2D eigenvalue weighted by Crippen LogP contribution is -2.43. The molecule has 0 aromatic carbocycles. The maximum absolute atomic E-state index is 11.7. The van der Waals surface area contributed by atoms with Gasteiger partial charge in [0.25, 0.3) is 5.91 Å². The summed E-state index contributed by atoms with van der Waals surface area (Å²) in [6.07, 6.45) is 1.24. The molecule has 1 atom stereocenters. The van der Waals surface area contributed by atoms with Crippen molar-refractivity contribution in [1.82, 2.24) is 15.5 Å². The molecule has 0 radical (unpaired) electrons. The molecule has 0 spiro atoms. The SMILES string of the molecule is Nc1nnc(C(=O)NC2CCCS(=O)(=O)C2)s1. The molecule has 2 rings (SSSR count). The summed E-state index contributed by atoms with van der Waals surface area (Å²) in [4.78, 5) is 11.7. The summed E-state index contributed by atoms with van der Waals surface area (Å²) >= 11 is 0.978. The Kier molecular flexibility index (Phi) is 3.29. The maximum atomic E-state index is 11.7. The van der Waals surface area contributed by atoms with Gasteiger partial charge in [0.1, 0.15) is 0 Å². The van der Waals surface area contributed by atoms with Gasteiger partial charge in [-0.15, -0.1) is 10.2 Å². The second-order valence-electron chi connectivity index (χ2n) is 3.87. The fourth-order valence-electron chi connectivity index (χ4n) is 1.71. The van der Waals surface area contributed by atoms with E-state index in [1.54, 1.807) is 0 Å². The van der Waals surface area contributed by atoms with Crippen LogP contribution in [0.15, 0.2) is 0 Å². The van der Waals surface area contributed by atoms with Crippen molar-refractivity contribution in [3.05, 3.63) is 5.01 Å². The van der Waals surface area contributed by atoms with Crippen LogP contribution in [0.2, 0.25) is 0 Å². The molecule has 3 N–H and O–H groups in total. The van der Waals surface area contributed by atoms with Gasteiger partial charge in [-0.25, -0.2) is 8.42 Å². The maximum Gasteiger partial charge on any atom is 0.282 e. The van der Waals surface area contributed by atoms with Gasteiger partial charge in [0.05, 0.1) is 11.5 Å². The minimum absolute atomic E-state index is 0.00692. The van der Waals surface area contributed by atoms with E-state index in [1.165, 1.54) is 0 Å². The number of hydrogen-bond donors (Lipinski definition) is 2. The van der Waals surface area contributed by atoms with E-state index in [4.69, 9.17) is 5.73 Å². The molecule has 0 saturated carbocycles. The van der Waals surface area contributed by atoms with Crippen LogP contribution in [0.5, 0.6) is 0 Å². The van der Waals surface area contributed by atoms with Crippen LogP contribution in [-0.4, -0.2) is 42.1 Å². The Morgan fingerprint density at radius 2 is 2.24 bits per heavy atom. The number of nitrogens with one attached hydrogen (secondary N) is 1. The fraction of sp³-hybridized carbons (Fsp3) is 0.625. The number of carbonyl (C=O) groups excluding carboxylic acids is 1. The zero-order valence-corrected chi connectivity index (χ0v) is 10.6. The third-order valence-electron chi connectivity index (χ3n) is 2.43. The molecule has 1 aromatic rings. The van der Waals surface area contributed by atoms with E-state index in [-0.39, 0.29) is 27.7 Å². The molecule has 1 aliphatic heterocycles. The van der Waals surface area contributed by atoms with Crippen LogP contribution in [-0.2, 0) is 9.84 Å². The number of nitrogens with zero attached hydrogens (tertiary/aromatic N) is 2. The predicted molar refractivity (Wildman–Crippen MR) is 63.5 cm³/mol. The molecular weight excluding hydrogens is 264 g/mol. The van der Waals surface area contributed by atoms with Crippen LogP contribution in [0.25, 0.3) is 0 Å². The van der Waals surface area contributed by atoms with Gasteiger partial charge >= 0.3 is 0 Å². The average Bonchev–Trinajstić information content (AvgIpc) is 2.63. The molecule has 1 aromatic heterocycles. The van der Waals surface area contributed by atoms with Gasteiger partial charge in [-0.3, -0.25) is 4.79 Å². The summed E-state index contributed by atoms with van der Waals surface area (Å²) in [5.74, 6) is -0.223. The van der Waals surface area contributed by atoms with Gasteiger partial charge in [-0.1, -0.05) is 11.3 Å². The Balaban J connectivity index is 1.99. The van der Waals surface area contributed by atoms with Gasteiger partial charge in [0.2, 0.25) is 10.1 Å². The van der Waals surface area contributed by atoms with Crippen molar-refractivity contribution in [3.8, 4) is 0 Å². The van der Waals surface area contributed by atoms with Crippen LogP contribution >= 0.6 is 11.3 Å². The first kappa shape index (κ1) is 12.2. The van der Waals surface area contributed by atoms with Gasteiger partial charge in [-0.2, -0.15) is 0 Å².